The van der Waals surface area contributed by atoms with E-state index in [-0.39, 0.29) is 16.7 Å². The lowest BCUT2D eigenvalue weighted by Crippen LogP contribution is -2.53. The number of piperidine rings is 1. The number of nitrogens with zero attached hydrogens (tertiary/aromatic N) is 2. The van der Waals surface area contributed by atoms with E-state index in [1.165, 1.54) is 11.3 Å². The van der Waals surface area contributed by atoms with E-state index < -0.39 is 0 Å². The first-order valence-corrected chi connectivity index (χ1v) is 10.8. The maximum Gasteiger partial charge on any atom is 0.263 e. The Morgan fingerprint density at radius 1 is 1.00 bits per heavy atom. The zero-order valence-corrected chi connectivity index (χ0v) is 16.4. The molecule has 6 heteroatoms. The molecule has 0 bridgehead atoms. The second kappa shape index (κ2) is 7.08. The highest BCUT2D eigenvalue weighted by atomic mass is 32.2. The van der Waals surface area contributed by atoms with Crippen LogP contribution in [0.15, 0.2) is 41.8 Å². The number of hydrogen-bond acceptors (Lipinski definition) is 4. The Hall–Kier alpha value is -1.79. The molecule has 0 aliphatic carbocycles. The van der Waals surface area contributed by atoms with Gasteiger partial charge in [-0.05, 0) is 43.3 Å². The third kappa shape index (κ3) is 3.16. The summed E-state index contributed by atoms with van der Waals surface area (Å²) >= 11 is 3.37. The molecular formula is C20H22N2O2S2. The molecule has 1 aromatic carbocycles. The van der Waals surface area contributed by atoms with Crippen LogP contribution in [0.1, 0.15) is 38.4 Å². The van der Waals surface area contributed by atoms with E-state index in [0.29, 0.717) is 13.1 Å². The van der Waals surface area contributed by atoms with Crippen LogP contribution in [0.2, 0.25) is 0 Å². The summed E-state index contributed by atoms with van der Waals surface area (Å²) in [5.74, 6) is 1.21. The standard InChI is InChI=1S/C20H22N2O2S2/c1-15-4-6-16(7-5-15)18(23)22-12-14-26-20(22)8-10-21(11-9-20)19(24)17-3-2-13-25-17/h2-7,13H,8-12,14H2,1H3. The van der Waals surface area contributed by atoms with Crippen molar-refractivity contribution in [3.05, 3.63) is 57.8 Å². The van der Waals surface area contributed by atoms with E-state index in [1.54, 1.807) is 0 Å². The van der Waals surface area contributed by atoms with Crippen molar-refractivity contribution in [3.63, 3.8) is 0 Å². The van der Waals surface area contributed by atoms with Crippen LogP contribution in [0.25, 0.3) is 0 Å². The summed E-state index contributed by atoms with van der Waals surface area (Å²) in [7, 11) is 0. The highest BCUT2D eigenvalue weighted by molar-refractivity contribution is 8.00. The molecule has 2 fully saturated rings. The van der Waals surface area contributed by atoms with Gasteiger partial charge in [0, 0.05) is 31.0 Å². The molecule has 0 atom stereocenters. The van der Waals surface area contributed by atoms with E-state index in [2.05, 4.69) is 4.90 Å². The van der Waals surface area contributed by atoms with E-state index in [0.717, 1.165) is 41.1 Å². The number of rotatable bonds is 2. The predicted octanol–water partition coefficient (Wildman–Crippen LogP) is 3.88. The van der Waals surface area contributed by atoms with E-state index in [1.807, 2.05) is 65.4 Å². The molecule has 1 aromatic heterocycles. The second-order valence-corrected chi connectivity index (χ2v) is 9.29. The molecule has 2 aliphatic rings. The monoisotopic (exact) mass is 386 g/mol. The molecule has 2 aromatic rings. The van der Waals surface area contributed by atoms with Crippen molar-refractivity contribution < 1.29 is 9.59 Å². The number of benzene rings is 1. The van der Waals surface area contributed by atoms with Gasteiger partial charge in [-0.3, -0.25) is 9.59 Å². The summed E-state index contributed by atoms with van der Waals surface area (Å²) in [6.07, 6.45) is 1.68. The summed E-state index contributed by atoms with van der Waals surface area (Å²) < 4.78 is 0. The van der Waals surface area contributed by atoms with Crippen LogP contribution in [0, 0.1) is 6.92 Å². The number of thiophene rings is 1. The van der Waals surface area contributed by atoms with Gasteiger partial charge in [0.05, 0.1) is 9.75 Å². The van der Waals surface area contributed by atoms with Gasteiger partial charge in [0.25, 0.3) is 11.8 Å². The fraction of sp³-hybridized carbons (Fsp3) is 0.400. The topological polar surface area (TPSA) is 40.6 Å². The molecule has 2 saturated heterocycles. The maximum absolute atomic E-state index is 13.1. The van der Waals surface area contributed by atoms with Gasteiger partial charge in [-0.15, -0.1) is 23.1 Å². The Morgan fingerprint density at radius 2 is 1.73 bits per heavy atom. The number of thioether (sulfide) groups is 1. The van der Waals surface area contributed by atoms with Crippen molar-refractivity contribution in [3.8, 4) is 0 Å². The molecule has 0 saturated carbocycles. The molecule has 0 radical (unpaired) electrons. The summed E-state index contributed by atoms with van der Waals surface area (Å²) in [6, 6.07) is 11.6. The SMILES string of the molecule is Cc1ccc(C(=O)N2CCSC23CCN(C(=O)c2cccs2)CC3)cc1. The Morgan fingerprint density at radius 3 is 2.38 bits per heavy atom. The Kier molecular flexibility index (Phi) is 4.80. The quantitative estimate of drug-likeness (QED) is 0.786. The van der Waals surface area contributed by atoms with Crippen LogP contribution in [0.4, 0.5) is 0 Å². The highest BCUT2D eigenvalue weighted by Crippen LogP contribution is 2.44. The van der Waals surface area contributed by atoms with E-state index in [9.17, 15) is 9.59 Å². The minimum atomic E-state index is -0.159. The van der Waals surface area contributed by atoms with Gasteiger partial charge in [0.2, 0.25) is 0 Å². The lowest BCUT2D eigenvalue weighted by atomic mass is 10.0. The van der Waals surface area contributed by atoms with Gasteiger partial charge in [0.15, 0.2) is 0 Å². The molecule has 2 amide bonds. The Balaban J connectivity index is 1.47. The number of aryl methyl sites for hydroxylation is 1. The van der Waals surface area contributed by atoms with Crippen LogP contribution >= 0.6 is 23.1 Å². The minimum Gasteiger partial charge on any atom is -0.338 e. The lowest BCUT2D eigenvalue weighted by molar-refractivity contribution is 0.0500. The molecule has 0 unspecified atom stereocenters. The first-order valence-electron chi connectivity index (χ1n) is 8.94. The van der Waals surface area contributed by atoms with E-state index in [4.69, 9.17) is 0 Å². The Labute approximate surface area is 162 Å². The first kappa shape index (κ1) is 17.6. The van der Waals surface area contributed by atoms with Gasteiger partial charge < -0.3 is 9.80 Å². The van der Waals surface area contributed by atoms with Crippen LogP contribution in [0.5, 0.6) is 0 Å². The molecule has 3 heterocycles. The van der Waals surface area contributed by atoms with Gasteiger partial charge in [-0.2, -0.15) is 0 Å². The van der Waals surface area contributed by atoms with Crippen molar-refractivity contribution in [2.45, 2.75) is 24.6 Å². The van der Waals surface area contributed by atoms with Crippen LogP contribution < -0.4 is 0 Å². The zero-order valence-electron chi connectivity index (χ0n) is 14.8. The number of hydrogen-bond donors (Lipinski definition) is 0. The molecular weight excluding hydrogens is 364 g/mol. The number of carbonyl (C=O) groups is 2. The van der Waals surface area contributed by atoms with Crippen molar-refractivity contribution in [1.82, 2.24) is 9.80 Å². The van der Waals surface area contributed by atoms with Gasteiger partial charge in [0.1, 0.15) is 0 Å². The fourth-order valence-corrected chi connectivity index (χ4v) is 5.92. The van der Waals surface area contributed by atoms with Crippen molar-refractivity contribution >= 4 is 34.9 Å². The largest absolute Gasteiger partial charge is 0.338 e. The normalized spacial score (nSPS) is 19.1. The van der Waals surface area contributed by atoms with Gasteiger partial charge in [-0.25, -0.2) is 0 Å². The summed E-state index contributed by atoms with van der Waals surface area (Å²) in [5.41, 5.74) is 1.92. The van der Waals surface area contributed by atoms with Gasteiger partial charge >= 0.3 is 0 Å². The minimum absolute atomic E-state index is 0.119. The maximum atomic E-state index is 13.1. The summed E-state index contributed by atoms with van der Waals surface area (Å²) in [5, 5.41) is 1.94. The number of amides is 2. The number of likely N-dealkylation sites (tertiary alicyclic amines) is 1. The van der Waals surface area contributed by atoms with Crippen LogP contribution in [-0.2, 0) is 0 Å². The van der Waals surface area contributed by atoms with Crippen molar-refractivity contribution in [2.75, 3.05) is 25.4 Å². The molecule has 136 valence electrons. The average molecular weight is 387 g/mol. The first-order chi connectivity index (χ1) is 12.6. The second-order valence-electron chi connectivity index (χ2n) is 6.89. The number of carbonyl (C=O) groups excluding carboxylic acids is 2. The highest BCUT2D eigenvalue weighted by Gasteiger charge is 2.47. The molecule has 2 aliphatic heterocycles. The Bertz CT molecular complexity index is 794. The van der Waals surface area contributed by atoms with E-state index >= 15 is 0 Å². The van der Waals surface area contributed by atoms with Crippen molar-refractivity contribution in [1.29, 1.82) is 0 Å². The predicted molar refractivity (Wildman–Crippen MR) is 107 cm³/mol. The molecule has 1 spiro atoms. The zero-order chi connectivity index (χ0) is 18.1. The van der Waals surface area contributed by atoms with Crippen LogP contribution in [-0.4, -0.2) is 51.9 Å². The lowest BCUT2D eigenvalue weighted by Gasteiger charge is -2.44. The smallest absolute Gasteiger partial charge is 0.263 e. The van der Waals surface area contributed by atoms with Crippen LogP contribution in [0.3, 0.4) is 0 Å². The molecule has 26 heavy (non-hydrogen) atoms. The molecule has 4 nitrogen and oxygen atoms in total. The third-order valence-electron chi connectivity index (χ3n) is 5.29. The average Bonchev–Trinajstić information content (AvgIpc) is 3.32. The summed E-state index contributed by atoms with van der Waals surface area (Å²) in [6.45, 7) is 4.24. The molecule has 0 N–H and O–H groups in total. The molecule has 4 rings (SSSR count). The van der Waals surface area contributed by atoms with Crippen molar-refractivity contribution in [2.24, 2.45) is 0 Å². The van der Waals surface area contributed by atoms with Gasteiger partial charge in [-0.1, -0.05) is 23.8 Å². The third-order valence-corrected chi connectivity index (χ3v) is 7.70. The summed E-state index contributed by atoms with van der Waals surface area (Å²) in [4.78, 5) is 30.3. The fourth-order valence-electron chi connectivity index (χ4n) is 3.78.